The van der Waals surface area contributed by atoms with E-state index < -0.39 is 11.6 Å². The van der Waals surface area contributed by atoms with Crippen LogP contribution in [0.2, 0.25) is 0 Å². The molecule has 0 bridgehead atoms. The van der Waals surface area contributed by atoms with Crippen LogP contribution in [0.4, 0.5) is 10.5 Å². The van der Waals surface area contributed by atoms with Crippen LogP contribution in [0.25, 0.3) is 0 Å². The summed E-state index contributed by atoms with van der Waals surface area (Å²) in [6.07, 6.45) is 0. The highest BCUT2D eigenvalue weighted by atomic mass is 32.1. The van der Waals surface area contributed by atoms with Gasteiger partial charge in [0.1, 0.15) is 5.60 Å². The van der Waals surface area contributed by atoms with Crippen LogP contribution in [0.5, 0.6) is 0 Å². The zero-order valence-electron chi connectivity index (χ0n) is 13.3. The normalized spacial score (nSPS) is 13.2. The number of carbonyl (C=O) groups is 2. The van der Waals surface area contributed by atoms with Gasteiger partial charge in [-0.15, -0.1) is 11.3 Å². The number of Topliss-reactive ketones (excluding diaryl/α,β-unsaturated/α-hetero) is 1. The number of thiophene rings is 1. The maximum atomic E-state index is 12.0. The molecule has 0 aliphatic heterocycles. The molecule has 0 spiro atoms. The van der Waals surface area contributed by atoms with Crippen molar-refractivity contribution in [1.82, 2.24) is 5.32 Å². The van der Waals surface area contributed by atoms with Gasteiger partial charge in [-0.05, 0) is 56.0 Å². The van der Waals surface area contributed by atoms with E-state index in [1.165, 1.54) is 18.3 Å². The SMILES string of the molecule is CC(=O)c1ccc(NC(=O)NCC(C)(O)c2cccs2)cc1C. The van der Waals surface area contributed by atoms with Crippen LogP contribution in [0.15, 0.2) is 35.7 Å². The number of aryl methyl sites for hydroxylation is 1. The lowest BCUT2D eigenvalue weighted by Gasteiger charge is -2.22. The van der Waals surface area contributed by atoms with Crippen LogP contribution < -0.4 is 10.6 Å². The van der Waals surface area contributed by atoms with Crippen molar-refractivity contribution in [3.8, 4) is 0 Å². The Kier molecular flexibility index (Phi) is 5.18. The minimum absolute atomic E-state index is 0.00880. The monoisotopic (exact) mass is 332 g/mol. The summed E-state index contributed by atoms with van der Waals surface area (Å²) < 4.78 is 0. The summed E-state index contributed by atoms with van der Waals surface area (Å²) in [4.78, 5) is 24.2. The van der Waals surface area contributed by atoms with Crippen molar-refractivity contribution in [3.63, 3.8) is 0 Å². The molecular weight excluding hydrogens is 312 g/mol. The summed E-state index contributed by atoms with van der Waals surface area (Å²) in [6.45, 7) is 5.09. The fraction of sp³-hybridized carbons (Fsp3) is 0.294. The third kappa shape index (κ3) is 4.40. The van der Waals surface area contributed by atoms with Crippen LogP contribution in [-0.4, -0.2) is 23.5 Å². The fourth-order valence-electron chi connectivity index (χ4n) is 2.24. The summed E-state index contributed by atoms with van der Waals surface area (Å²) >= 11 is 1.44. The molecule has 1 heterocycles. The van der Waals surface area contributed by atoms with Crippen LogP contribution in [-0.2, 0) is 5.60 Å². The van der Waals surface area contributed by atoms with Crippen molar-refractivity contribution in [1.29, 1.82) is 0 Å². The Morgan fingerprint density at radius 1 is 1.30 bits per heavy atom. The van der Waals surface area contributed by atoms with E-state index in [-0.39, 0.29) is 12.3 Å². The molecular formula is C17H20N2O3S. The van der Waals surface area contributed by atoms with E-state index >= 15 is 0 Å². The van der Waals surface area contributed by atoms with Crippen LogP contribution >= 0.6 is 11.3 Å². The molecule has 2 aromatic rings. The molecule has 3 N–H and O–H groups in total. The van der Waals surface area contributed by atoms with Crippen molar-refractivity contribution in [3.05, 3.63) is 51.7 Å². The van der Waals surface area contributed by atoms with Gasteiger partial charge in [0.2, 0.25) is 0 Å². The first-order valence-electron chi connectivity index (χ1n) is 7.22. The number of rotatable bonds is 5. The predicted octanol–water partition coefficient (Wildman–Crippen LogP) is 3.29. The lowest BCUT2D eigenvalue weighted by molar-refractivity contribution is 0.0637. The smallest absolute Gasteiger partial charge is 0.319 e. The molecule has 0 saturated heterocycles. The Bertz CT molecular complexity index is 709. The summed E-state index contributed by atoms with van der Waals surface area (Å²) in [5, 5.41) is 17.6. The number of carbonyl (C=O) groups excluding carboxylic acids is 2. The highest BCUT2D eigenvalue weighted by Gasteiger charge is 2.24. The molecule has 5 nitrogen and oxygen atoms in total. The minimum Gasteiger partial charge on any atom is -0.383 e. The maximum Gasteiger partial charge on any atom is 0.319 e. The Labute approximate surface area is 139 Å². The van der Waals surface area contributed by atoms with Gasteiger partial charge in [0, 0.05) is 16.1 Å². The number of amides is 2. The zero-order valence-corrected chi connectivity index (χ0v) is 14.2. The molecule has 0 aliphatic rings. The van der Waals surface area contributed by atoms with Gasteiger partial charge in [0.25, 0.3) is 0 Å². The largest absolute Gasteiger partial charge is 0.383 e. The Balaban J connectivity index is 1.95. The van der Waals surface area contributed by atoms with E-state index in [1.807, 2.05) is 24.4 Å². The second-order valence-corrected chi connectivity index (χ2v) is 6.59. The second kappa shape index (κ2) is 6.93. The second-order valence-electron chi connectivity index (χ2n) is 5.64. The number of urea groups is 1. The Morgan fingerprint density at radius 3 is 2.61 bits per heavy atom. The van der Waals surface area contributed by atoms with E-state index in [1.54, 1.807) is 25.1 Å². The van der Waals surface area contributed by atoms with Crippen LogP contribution in [0.3, 0.4) is 0 Å². The fourth-order valence-corrected chi connectivity index (χ4v) is 3.02. The van der Waals surface area contributed by atoms with Gasteiger partial charge in [0.15, 0.2) is 5.78 Å². The van der Waals surface area contributed by atoms with E-state index in [0.29, 0.717) is 11.3 Å². The first-order chi connectivity index (χ1) is 10.8. The topological polar surface area (TPSA) is 78.4 Å². The van der Waals surface area contributed by atoms with E-state index in [0.717, 1.165) is 10.4 Å². The lowest BCUT2D eigenvalue weighted by Crippen LogP contribution is -2.40. The quantitative estimate of drug-likeness (QED) is 0.735. The molecule has 2 amide bonds. The van der Waals surface area contributed by atoms with Crippen molar-refractivity contribution in [2.45, 2.75) is 26.4 Å². The lowest BCUT2D eigenvalue weighted by atomic mass is 10.0. The summed E-state index contributed by atoms with van der Waals surface area (Å²) in [5.41, 5.74) is 0.929. The number of ketones is 1. The average Bonchev–Trinajstić information content (AvgIpc) is 3.00. The highest BCUT2D eigenvalue weighted by Crippen LogP contribution is 2.24. The van der Waals surface area contributed by atoms with Gasteiger partial charge in [-0.2, -0.15) is 0 Å². The van der Waals surface area contributed by atoms with E-state index in [4.69, 9.17) is 0 Å². The van der Waals surface area contributed by atoms with Gasteiger partial charge in [-0.1, -0.05) is 6.07 Å². The van der Waals surface area contributed by atoms with Gasteiger partial charge >= 0.3 is 6.03 Å². The number of benzene rings is 1. The first-order valence-corrected chi connectivity index (χ1v) is 8.10. The summed E-state index contributed by atoms with van der Waals surface area (Å²) in [6, 6.07) is 8.39. The average molecular weight is 332 g/mol. The van der Waals surface area contributed by atoms with Crippen molar-refractivity contribution < 1.29 is 14.7 Å². The molecule has 1 aromatic heterocycles. The summed E-state index contributed by atoms with van der Waals surface area (Å²) in [7, 11) is 0. The van der Waals surface area contributed by atoms with Crippen molar-refractivity contribution in [2.24, 2.45) is 0 Å². The third-order valence-corrected chi connectivity index (χ3v) is 4.63. The van der Waals surface area contributed by atoms with Crippen molar-refractivity contribution >= 4 is 28.8 Å². The molecule has 2 rings (SSSR count). The molecule has 1 atom stereocenters. The highest BCUT2D eigenvalue weighted by molar-refractivity contribution is 7.10. The molecule has 1 unspecified atom stereocenters. The molecule has 1 aromatic carbocycles. The number of nitrogens with one attached hydrogen (secondary N) is 2. The predicted molar refractivity (Wildman–Crippen MR) is 92.1 cm³/mol. The van der Waals surface area contributed by atoms with Crippen molar-refractivity contribution in [2.75, 3.05) is 11.9 Å². The molecule has 0 saturated carbocycles. The van der Waals surface area contributed by atoms with Gasteiger partial charge in [0.05, 0.1) is 6.54 Å². The van der Waals surface area contributed by atoms with Crippen LogP contribution in [0.1, 0.15) is 34.6 Å². The number of hydrogen-bond acceptors (Lipinski definition) is 4. The van der Waals surface area contributed by atoms with Gasteiger partial charge in [-0.3, -0.25) is 4.79 Å². The number of aliphatic hydroxyl groups is 1. The number of hydrogen-bond donors (Lipinski definition) is 3. The minimum atomic E-state index is -1.11. The van der Waals surface area contributed by atoms with E-state index in [2.05, 4.69) is 10.6 Å². The van der Waals surface area contributed by atoms with Gasteiger partial charge in [-0.25, -0.2) is 4.79 Å². The molecule has 23 heavy (non-hydrogen) atoms. The van der Waals surface area contributed by atoms with Gasteiger partial charge < -0.3 is 15.7 Å². The molecule has 6 heteroatoms. The first kappa shape index (κ1) is 17.2. The number of anilines is 1. The summed E-state index contributed by atoms with van der Waals surface area (Å²) in [5.74, 6) is -0.00880. The molecule has 122 valence electrons. The molecule has 0 fully saturated rings. The third-order valence-electron chi connectivity index (χ3n) is 3.51. The Morgan fingerprint density at radius 2 is 2.04 bits per heavy atom. The van der Waals surface area contributed by atoms with Crippen LogP contribution in [0, 0.1) is 6.92 Å². The molecule has 0 radical (unpaired) electrons. The Hall–Kier alpha value is -2.18. The maximum absolute atomic E-state index is 12.0. The zero-order chi connectivity index (χ0) is 17.0. The molecule has 0 aliphatic carbocycles. The standard InChI is InChI=1S/C17H20N2O3S/c1-11-9-13(6-7-14(11)12(2)20)19-16(21)18-10-17(3,22)15-5-4-8-23-15/h4-9,22H,10H2,1-3H3,(H2,18,19,21). The van der Waals surface area contributed by atoms with E-state index in [9.17, 15) is 14.7 Å².